The highest BCUT2D eigenvalue weighted by Crippen LogP contribution is 2.24. The summed E-state index contributed by atoms with van der Waals surface area (Å²) in [5.41, 5.74) is 3.45. The lowest BCUT2D eigenvalue weighted by Gasteiger charge is -2.27. The van der Waals surface area contributed by atoms with Gasteiger partial charge >= 0.3 is 0 Å². The lowest BCUT2D eigenvalue weighted by molar-refractivity contribution is 0.221. The lowest BCUT2D eigenvalue weighted by Crippen LogP contribution is -2.29. The summed E-state index contributed by atoms with van der Waals surface area (Å²) < 4.78 is 22.7. The quantitative estimate of drug-likeness (QED) is 0.583. The Hall–Kier alpha value is -2.88. The molecule has 0 unspecified atom stereocenters. The van der Waals surface area contributed by atoms with Gasteiger partial charge in [0, 0.05) is 17.8 Å². The SMILES string of the molecule is NS(=O)(=O)Cc1cccc(Nc2ncnc(-c3ccccc3CN3CCCCC3)n2)c1. The van der Waals surface area contributed by atoms with Gasteiger partial charge in [-0.15, -0.1) is 0 Å². The minimum atomic E-state index is -3.60. The molecule has 1 fully saturated rings. The summed E-state index contributed by atoms with van der Waals surface area (Å²) >= 11 is 0. The molecule has 1 aliphatic heterocycles. The van der Waals surface area contributed by atoms with Gasteiger partial charge in [-0.25, -0.2) is 23.5 Å². The van der Waals surface area contributed by atoms with Crippen LogP contribution in [0.5, 0.6) is 0 Å². The first-order valence-corrected chi connectivity index (χ1v) is 12.0. The first-order valence-electron chi connectivity index (χ1n) is 10.3. The average molecular weight is 439 g/mol. The zero-order valence-electron chi connectivity index (χ0n) is 17.2. The van der Waals surface area contributed by atoms with Crippen LogP contribution >= 0.6 is 0 Å². The van der Waals surface area contributed by atoms with Crippen molar-refractivity contribution >= 4 is 21.7 Å². The Morgan fingerprint density at radius 1 is 1.00 bits per heavy atom. The molecule has 0 spiro atoms. The standard InChI is InChI=1S/C22H26N6O2S/c23-31(29,30)15-17-7-6-9-19(13-17)26-22-25-16-24-21(27-22)20-10-3-2-8-18(20)14-28-11-4-1-5-12-28/h2-3,6-10,13,16H,1,4-5,11-12,14-15H2,(H2,23,29,30)(H,24,25,26,27). The van der Waals surface area contributed by atoms with Crippen LogP contribution in [0.4, 0.5) is 11.6 Å². The number of nitrogens with two attached hydrogens (primary N) is 1. The molecule has 0 bridgehead atoms. The fraction of sp³-hybridized carbons (Fsp3) is 0.318. The molecule has 31 heavy (non-hydrogen) atoms. The van der Waals surface area contributed by atoms with Crippen LogP contribution in [0.1, 0.15) is 30.4 Å². The molecule has 2 aromatic carbocycles. The van der Waals surface area contributed by atoms with E-state index in [1.165, 1.54) is 31.2 Å². The number of aromatic nitrogens is 3. The molecule has 4 rings (SSSR count). The van der Waals surface area contributed by atoms with Crippen molar-refractivity contribution in [1.82, 2.24) is 19.9 Å². The Labute approximate surface area is 182 Å². The molecule has 1 aliphatic rings. The van der Waals surface area contributed by atoms with E-state index < -0.39 is 10.0 Å². The molecule has 3 aromatic rings. The number of rotatable bonds is 7. The van der Waals surface area contributed by atoms with Gasteiger partial charge in [-0.1, -0.05) is 42.8 Å². The smallest absolute Gasteiger partial charge is 0.230 e. The van der Waals surface area contributed by atoms with Crippen LogP contribution < -0.4 is 10.5 Å². The Balaban J connectivity index is 1.55. The highest BCUT2D eigenvalue weighted by atomic mass is 32.2. The van der Waals surface area contributed by atoms with E-state index in [1.807, 2.05) is 24.3 Å². The molecule has 0 radical (unpaired) electrons. The summed E-state index contributed by atoms with van der Waals surface area (Å²) in [4.78, 5) is 15.7. The number of piperidine rings is 1. The second-order valence-electron chi connectivity index (χ2n) is 7.76. The van der Waals surface area contributed by atoms with Crippen LogP contribution in [-0.2, 0) is 22.3 Å². The predicted octanol–water partition coefficient (Wildman–Crippen LogP) is 3.06. The number of likely N-dealkylation sites (tertiary alicyclic amines) is 1. The molecule has 2 heterocycles. The molecule has 0 amide bonds. The van der Waals surface area contributed by atoms with Crippen molar-refractivity contribution in [3.05, 3.63) is 66.0 Å². The molecular weight excluding hydrogens is 412 g/mol. The predicted molar refractivity (Wildman–Crippen MR) is 121 cm³/mol. The lowest BCUT2D eigenvalue weighted by atomic mass is 10.0. The fourth-order valence-electron chi connectivity index (χ4n) is 3.82. The molecule has 3 N–H and O–H groups in total. The van der Waals surface area contributed by atoms with Crippen molar-refractivity contribution in [2.45, 2.75) is 31.6 Å². The summed E-state index contributed by atoms with van der Waals surface area (Å²) in [6.45, 7) is 3.11. The van der Waals surface area contributed by atoms with E-state index in [2.05, 4.69) is 31.2 Å². The highest BCUT2D eigenvalue weighted by Gasteiger charge is 2.15. The number of benzene rings is 2. The normalized spacial score (nSPS) is 15.0. The molecule has 0 aliphatic carbocycles. The molecule has 1 aromatic heterocycles. The van der Waals surface area contributed by atoms with E-state index >= 15 is 0 Å². The van der Waals surface area contributed by atoms with Crippen molar-refractivity contribution in [1.29, 1.82) is 0 Å². The van der Waals surface area contributed by atoms with Gasteiger partial charge in [-0.2, -0.15) is 4.98 Å². The summed E-state index contributed by atoms with van der Waals surface area (Å²) in [5, 5.41) is 8.28. The van der Waals surface area contributed by atoms with E-state index in [0.717, 1.165) is 25.2 Å². The van der Waals surface area contributed by atoms with Crippen LogP contribution in [0.3, 0.4) is 0 Å². The van der Waals surface area contributed by atoms with Crippen LogP contribution in [0.25, 0.3) is 11.4 Å². The first-order chi connectivity index (χ1) is 15.0. The second-order valence-corrected chi connectivity index (χ2v) is 9.37. The van der Waals surface area contributed by atoms with Crippen molar-refractivity contribution in [2.75, 3.05) is 18.4 Å². The molecule has 162 valence electrons. The topological polar surface area (TPSA) is 114 Å². The van der Waals surface area contributed by atoms with E-state index in [1.54, 1.807) is 18.2 Å². The third-order valence-corrected chi connectivity index (χ3v) is 5.96. The van der Waals surface area contributed by atoms with Crippen molar-refractivity contribution < 1.29 is 8.42 Å². The summed E-state index contributed by atoms with van der Waals surface area (Å²) in [5.74, 6) is 0.769. The third-order valence-electron chi connectivity index (χ3n) is 5.22. The van der Waals surface area contributed by atoms with Gasteiger partial charge < -0.3 is 5.32 Å². The Morgan fingerprint density at radius 2 is 1.81 bits per heavy atom. The van der Waals surface area contributed by atoms with Gasteiger partial charge in [0.1, 0.15) is 6.33 Å². The number of sulfonamides is 1. The summed E-state index contributed by atoms with van der Waals surface area (Å²) in [6, 6.07) is 15.2. The Bertz CT molecular complexity index is 1150. The molecular formula is C22H26N6O2S. The largest absolute Gasteiger partial charge is 0.324 e. The molecule has 0 atom stereocenters. The maximum Gasteiger partial charge on any atom is 0.230 e. The molecule has 9 heteroatoms. The van der Waals surface area contributed by atoms with Crippen molar-refractivity contribution in [3.8, 4) is 11.4 Å². The number of anilines is 2. The number of hydrogen-bond donors (Lipinski definition) is 2. The van der Waals surface area contributed by atoms with E-state index in [0.29, 0.717) is 23.0 Å². The molecule has 1 saturated heterocycles. The van der Waals surface area contributed by atoms with Crippen LogP contribution in [-0.4, -0.2) is 41.4 Å². The first kappa shape index (κ1) is 21.4. The Morgan fingerprint density at radius 3 is 2.61 bits per heavy atom. The zero-order valence-corrected chi connectivity index (χ0v) is 18.1. The van der Waals surface area contributed by atoms with Crippen LogP contribution in [0, 0.1) is 0 Å². The van der Waals surface area contributed by atoms with Gasteiger partial charge in [0.2, 0.25) is 16.0 Å². The number of nitrogens with zero attached hydrogens (tertiary/aromatic N) is 4. The van der Waals surface area contributed by atoms with E-state index in [9.17, 15) is 8.42 Å². The van der Waals surface area contributed by atoms with E-state index in [-0.39, 0.29) is 5.75 Å². The number of hydrogen-bond acceptors (Lipinski definition) is 7. The van der Waals surface area contributed by atoms with Gasteiger partial charge in [-0.3, -0.25) is 4.90 Å². The average Bonchev–Trinajstić information content (AvgIpc) is 2.74. The van der Waals surface area contributed by atoms with Gasteiger partial charge in [0.25, 0.3) is 0 Å². The van der Waals surface area contributed by atoms with E-state index in [4.69, 9.17) is 5.14 Å². The second kappa shape index (κ2) is 9.51. The minimum Gasteiger partial charge on any atom is -0.324 e. The van der Waals surface area contributed by atoms with Crippen molar-refractivity contribution in [2.24, 2.45) is 5.14 Å². The van der Waals surface area contributed by atoms with Gasteiger partial charge in [0.15, 0.2) is 5.82 Å². The third kappa shape index (κ3) is 6.06. The monoisotopic (exact) mass is 438 g/mol. The van der Waals surface area contributed by atoms with Crippen molar-refractivity contribution in [3.63, 3.8) is 0 Å². The molecule has 8 nitrogen and oxygen atoms in total. The summed E-state index contributed by atoms with van der Waals surface area (Å²) in [6.07, 6.45) is 5.27. The van der Waals surface area contributed by atoms with Crippen LogP contribution in [0.2, 0.25) is 0 Å². The maximum atomic E-state index is 11.4. The van der Waals surface area contributed by atoms with Crippen LogP contribution in [0.15, 0.2) is 54.9 Å². The summed E-state index contributed by atoms with van der Waals surface area (Å²) in [7, 11) is -3.60. The number of nitrogens with one attached hydrogen (secondary N) is 1. The fourth-order valence-corrected chi connectivity index (χ4v) is 4.47. The Kier molecular flexibility index (Phi) is 6.55. The molecule has 0 saturated carbocycles. The van der Waals surface area contributed by atoms with Gasteiger partial charge in [-0.05, 0) is 49.2 Å². The van der Waals surface area contributed by atoms with Gasteiger partial charge in [0.05, 0.1) is 5.75 Å². The highest BCUT2D eigenvalue weighted by molar-refractivity contribution is 7.88. The maximum absolute atomic E-state index is 11.4. The number of primary sulfonamides is 1. The zero-order chi connectivity index (χ0) is 21.7. The minimum absolute atomic E-state index is 0.227.